The van der Waals surface area contributed by atoms with E-state index in [9.17, 15) is 9.18 Å². The Morgan fingerprint density at radius 3 is 2.70 bits per heavy atom. The number of amides is 1. The number of carbonyl (C=O) groups excluding carboxylic acids is 1. The van der Waals surface area contributed by atoms with Crippen molar-refractivity contribution in [2.75, 3.05) is 18.1 Å². The summed E-state index contributed by atoms with van der Waals surface area (Å²) in [5.41, 5.74) is 1.41. The Bertz CT molecular complexity index is 689. The summed E-state index contributed by atoms with van der Waals surface area (Å²) in [6.07, 6.45) is -0.969. The number of cyclic esters (lactones) is 1. The van der Waals surface area contributed by atoms with Crippen molar-refractivity contribution in [1.82, 2.24) is 0 Å². The molecule has 2 aromatic carbocycles. The molecule has 6 heteroatoms. The van der Waals surface area contributed by atoms with Crippen LogP contribution in [0, 0.1) is 5.82 Å². The summed E-state index contributed by atoms with van der Waals surface area (Å²) in [5.74, 6) is 0.316. The molecule has 5 nitrogen and oxygen atoms in total. The molecule has 1 fully saturated rings. The second kappa shape index (κ2) is 6.66. The third-order valence-electron chi connectivity index (χ3n) is 3.52. The van der Waals surface area contributed by atoms with Gasteiger partial charge in [0, 0.05) is 5.69 Å². The van der Waals surface area contributed by atoms with Crippen LogP contribution < -0.4 is 9.64 Å². The van der Waals surface area contributed by atoms with Crippen LogP contribution in [-0.2, 0) is 11.3 Å². The van der Waals surface area contributed by atoms with Gasteiger partial charge in [-0.15, -0.1) is 0 Å². The van der Waals surface area contributed by atoms with Crippen molar-refractivity contribution >= 4 is 11.8 Å². The second-order valence-electron chi connectivity index (χ2n) is 5.21. The third kappa shape index (κ3) is 3.60. The molecule has 120 valence electrons. The normalized spacial score (nSPS) is 17.2. The summed E-state index contributed by atoms with van der Waals surface area (Å²) in [7, 11) is 0. The van der Waals surface area contributed by atoms with Gasteiger partial charge in [-0.1, -0.05) is 12.1 Å². The predicted octanol–water partition coefficient (Wildman–Crippen LogP) is 2.72. The maximum Gasteiger partial charge on any atom is 0.414 e. The van der Waals surface area contributed by atoms with Crippen LogP contribution in [0.25, 0.3) is 0 Å². The van der Waals surface area contributed by atoms with Crippen molar-refractivity contribution in [3.8, 4) is 5.75 Å². The summed E-state index contributed by atoms with van der Waals surface area (Å²) in [5, 5.41) is 9.04. The van der Waals surface area contributed by atoms with Gasteiger partial charge in [0.15, 0.2) is 0 Å². The van der Waals surface area contributed by atoms with Gasteiger partial charge in [-0.25, -0.2) is 9.18 Å². The molecule has 0 aliphatic carbocycles. The van der Waals surface area contributed by atoms with Gasteiger partial charge >= 0.3 is 6.09 Å². The van der Waals surface area contributed by atoms with Gasteiger partial charge in [0.25, 0.3) is 0 Å². The Kier molecular flexibility index (Phi) is 4.43. The molecular weight excluding hydrogens is 301 g/mol. The molecule has 1 saturated heterocycles. The number of ether oxygens (including phenoxy) is 2. The highest BCUT2D eigenvalue weighted by Crippen LogP contribution is 2.24. The van der Waals surface area contributed by atoms with Gasteiger partial charge in [0.1, 0.15) is 24.3 Å². The minimum atomic E-state index is -0.494. The monoisotopic (exact) mass is 317 g/mol. The fourth-order valence-corrected chi connectivity index (χ4v) is 2.34. The quantitative estimate of drug-likeness (QED) is 0.921. The molecule has 1 N–H and O–H groups in total. The first kappa shape index (κ1) is 15.3. The number of anilines is 1. The number of aliphatic hydroxyl groups is 1. The maximum absolute atomic E-state index is 13.1. The summed E-state index contributed by atoms with van der Waals surface area (Å²) in [6, 6.07) is 13.2. The molecule has 0 saturated carbocycles. The smallest absolute Gasteiger partial charge is 0.414 e. The summed E-state index contributed by atoms with van der Waals surface area (Å²) in [4.78, 5) is 13.2. The molecular formula is C17H16FNO4. The molecule has 1 amide bonds. The Morgan fingerprint density at radius 2 is 2.04 bits per heavy atom. The number of benzene rings is 2. The van der Waals surface area contributed by atoms with Crippen LogP contribution >= 0.6 is 0 Å². The lowest BCUT2D eigenvalue weighted by atomic mass is 10.2. The van der Waals surface area contributed by atoms with E-state index in [1.165, 1.54) is 17.0 Å². The van der Waals surface area contributed by atoms with E-state index in [2.05, 4.69) is 0 Å². The van der Waals surface area contributed by atoms with E-state index < -0.39 is 12.2 Å². The predicted molar refractivity (Wildman–Crippen MR) is 81.9 cm³/mol. The van der Waals surface area contributed by atoms with E-state index in [0.717, 1.165) is 5.56 Å². The molecule has 1 heterocycles. The Morgan fingerprint density at radius 1 is 1.26 bits per heavy atom. The van der Waals surface area contributed by atoms with Crippen LogP contribution in [0.2, 0.25) is 0 Å². The molecule has 2 aromatic rings. The van der Waals surface area contributed by atoms with Gasteiger partial charge in [0.05, 0.1) is 13.2 Å². The Balaban J connectivity index is 1.62. The van der Waals surface area contributed by atoms with E-state index >= 15 is 0 Å². The van der Waals surface area contributed by atoms with Gasteiger partial charge in [-0.05, 0) is 42.0 Å². The minimum Gasteiger partial charge on any atom is -0.489 e. The van der Waals surface area contributed by atoms with Crippen molar-refractivity contribution in [2.24, 2.45) is 0 Å². The lowest BCUT2D eigenvalue weighted by Gasteiger charge is -2.13. The highest BCUT2D eigenvalue weighted by atomic mass is 19.1. The largest absolute Gasteiger partial charge is 0.489 e. The standard InChI is InChI=1S/C17H16FNO4/c18-13-3-1-2-12(8-13)11-22-15-6-4-14(5-7-15)19-9-16(10-20)23-17(19)21/h1-8,16,20H,9-11H2. The molecule has 1 unspecified atom stereocenters. The minimum absolute atomic E-state index is 0.197. The number of carbonyl (C=O) groups is 1. The van der Waals surface area contributed by atoms with Crippen LogP contribution in [0.1, 0.15) is 5.56 Å². The molecule has 23 heavy (non-hydrogen) atoms. The summed E-state index contributed by atoms with van der Waals surface area (Å²) in [6.45, 7) is 0.380. The first-order chi connectivity index (χ1) is 11.2. The number of hydrogen-bond donors (Lipinski definition) is 1. The zero-order valence-electron chi connectivity index (χ0n) is 12.3. The van der Waals surface area contributed by atoms with Crippen molar-refractivity contribution in [3.05, 3.63) is 59.9 Å². The molecule has 0 aromatic heterocycles. The fraction of sp³-hybridized carbons (Fsp3) is 0.235. The summed E-state index contributed by atoms with van der Waals surface area (Å²) < 4.78 is 23.7. The lowest BCUT2D eigenvalue weighted by molar-refractivity contribution is 0.0963. The number of aliphatic hydroxyl groups excluding tert-OH is 1. The van der Waals surface area contributed by atoms with Crippen molar-refractivity contribution < 1.29 is 23.8 Å². The average molecular weight is 317 g/mol. The van der Waals surface area contributed by atoms with Crippen molar-refractivity contribution in [1.29, 1.82) is 0 Å². The van der Waals surface area contributed by atoms with Gasteiger partial charge in [0.2, 0.25) is 0 Å². The van der Waals surface area contributed by atoms with E-state index in [1.54, 1.807) is 36.4 Å². The van der Waals surface area contributed by atoms with Gasteiger partial charge in [-0.2, -0.15) is 0 Å². The molecule has 3 rings (SSSR count). The number of halogens is 1. The molecule has 1 atom stereocenters. The van der Waals surface area contributed by atoms with Crippen molar-refractivity contribution in [3.63, 3.8) is 0 Å². The van der Waals surface area contributed by atoms with Gasteiger partial charge in [-0.3, -0.25) is 4.90 Å². The third-order valence-corrected chi connectivity index (χ3v) is 3.52. The summed E-state index contributed by atoms with van der Waals surface area (Å²) >= 11 is 0. The van der Waals surface area contributed by atoms with Crippen LogP contribution in [0.15, 0.2) is 48.5 Å². The highest BCUT2D eigenvalue weighted by Gasteiger charge is 2.31. The van der Waals surface area contributed by atoms with Crippen LogP contribution in [0.3, 0.4) is 0 Å². The molecule has 0 bridgehead atoms. The zero-order chi connectivity index (χ0) is 16.2. The zero-order valence-corrected chi connectivity index (χ0v) is 12.3. The molecule has 0 spiro atoms. The fourth-order valence-electron chi connectivity index (χ4n) is 2.34. The SMILES string of the molecule is O=C1OC(CO)CN1c1ccc(OCc2cccc(F)c2)cc1. The molecule has 0 radical (unpaired) electrons. The van der Waals surface area contributed by atoms with E-state index in [4.69, 9.17) is 14.6 Å². The first-order valence-corrected chi connectivity index (χ1v) is 7.22. The second-order valence-corrected chi connectivity index (χ2v) is 5.21. The number of hydrogen-bond acceptors (Lipinski definition) is 4. The van der Waals surface area contributed by atoms with Gasteiger partial charge < -0.3 is 14.6 Å². The van der Waals surface area contributed by atoms with E-state index in [-0.39, 0.29) is 19.0 Å². The average Bonchev–Trinajstić information content (AvgIpc) is 2.95. The van der Waals surface area contributed by atoms with Crippen LogP contribution in [0.5, 0.6) is 5.75 Å². The van der Waals surface area contributed by atoms with E-state index in [1.807, 2.05) is 0 Å². The Labute approximate surface area is 132 Å². The van der Waals surface area contributed by atoms with Crippen LogP contribution in [0.4, 0.5) is 14.9 Å². The lowest BCUT2D eigenvalue weighted by Crippen LogP contribution is -2.25. The molecule has 1 aliphatic heterocycles. The topological polar surface area (TPSA) is 59.0 Å². The van der Waals surface area contributed by atoms with Crippen LogP contribution in [-0.4, -0.2) is 30.5 Å². The van der Waals surface area contributed by atoms with Crippen molar-refractivity contribution in [2.45, 2.75) is 12.7 Å². The number of nitrogens with zero attached hydrogens (tertiary/aromatic N) is 1. The maximum atomic E-state index is 13.1. The first-order valence-electron chi connectivity index (χ1n) is 7.22. The van der Waals surface area contributed by atoms with E-state index in [0.29, 0.717) is 18.0 Å². The number of rotatable bonds is 5. The molecule has 1 aliphatic rings. The Hall–Kier alpha value is -2.60. The highest BCUT2D eigenvalue weighted by molar-refractivity contribution is 5.89.